The molecule has 0 radical (unpaired) electrons. The van der Waals surface area contributed by atoms with Gasteiger partial charge in [0.1, 0.15) is 0 Å². The van der Waals surface area contributed by atoms with E-state index >= 15 is 0 Å². The van der Waals surface area contributed by atoms with Crippen molar-refractivity contribution in [2.75, 3.05) is 19.6 Å². The lowest BCUT2D eigenvalue weighted by Crippen LogP contribution is -2.47. The number of thiophene rings is 1. The highest BCUT2D eigenvalue weighted by Crippen LogP contribution is 2.39. The number of carbonyl (C=O) groups excluding carboxylic acids is 2. The van der Waals surface area contributed by atoms with Gasteiger partial charge in [-0.3, -0.25) is 9.59 Å². The maximum absolute atomic E-state index is 13.7. The van der Waals surface area contributed by atoms with Crippen molar-refractivity contribution in [2.45, 2.75) is 45.6 Å². The zero-order chi connectivity index (χ0) is 23.4. The van der Waals surface area contributed by atoms with Crippen molar-refractivity contribution in [2.24, 2.45) is 0 Å². The first-order chi connectivity index (χ1) is 16.0. The van der Waals surface area contributed by atoms with Crippen LogP contribution in [0, 0.1) is 6.92 Å². The molecule has 0 aliphatic carbocycles. The standard InChI is InChI=1S/C28H32N2O2S/c1-4-22(21-12-7-6-8-13-21)28(32)29(5-2)19-26(31)30-17-15-25-24(16-18-33-25)27(30)23-14-10-9-11-20(23)3/h6-14,16,18,22,27H,4-5,15,17,19H2,1-3H3. The van der Waals surface area contributed by atoms with E-state index in [1.54, 1.807) is 16.2 Å². The summed E-state index contributed by atoms with van der Waals surface area (Å²) in [5, 5.41) is 2.12. The van der Waals surface area contributed by atoms with Gasteiger partial charge in [-0.15, -0.1) is 11.3 Å². The van der Waals surface area contributed by atoms with Crippen LogP contribution in [0.4, 0.5) is 0 Å². The SMILES string of the molecule is CCC(C(=O)N(CC)CC(=O)N1CCc2sccc2C1c1ccccc1C)c1ccccc1. The van der Waals surface area contributed by atoms with Crippen LogP contribution in [0.25, 0.3) is 0 Å². The predicted molar refractivity (Wildman–Crippen MR) is 134 cm³/mol. The number of likely N-dealkylation sites (N-methyl/N-ethyl adjacent to an activating group) is 1. The summed E-state index contributed by atoms with van der Waals surface area (Å²) in [4.78, 5) is 32.2. The number of nitrogens with zero attached hydrogens (tertiary/aromatic N) is 2. The first-order valence-corrected chi connectivity index (χ1v) is 12.7. The molecular weight excluding hydrogens is 428 g/mol. The monoisotopic (exact) mass is 460 g/mol. The van der Waals surface area contributed by atoms with Gasteiger partial charge in [0.2, 0.25) is 11.8 Å². The Morgan fingerprint density at radius 3 is 2.45 bits per heavy atom. The van der Waals surface area contributed by atoms with Crippen LogP contribution < -0.4 is 0 Å². The fourth-order valence-electron chi connectivity index (χ4n) is 4.87. The number of hydrogen-bond donors (Lipinski definition) is 0. The van der Waals surface area contributed by atoms with Gasteiger partial charge >= 0.3 is 0 Å². The average Bonchev–Trinajstić information content (AvgIpc) is 3.32. The highest BCUT2D eigenvalue weighted by atomic mass is 32.1. The molecule has 1 aliphatic heterocycles. The van der Waals surface area contributed by atoms with Crippen LogP contribution in [0.1, 0.15) is 59.4 Å². The van der Waals surface area contributed by atoms with Gasteiger partial charge in [0.05, 0.1) is 18.5 Å². The van der Waals surface area contributed by atoms with Crippen molar-refractivity contribution in [3.63, 3.8) is 0 Å². The minimum atomic E-state index is -0.226. The van der Waals surface area contributed by atoms with E-state index in [4.69, 9.17) is 0 Å². The van der Waals surface area contributed by atoms with Crippen LogP contribution in [0.15, 0.2) is 66.0 Å². The van der Waals surface area contributed by atoms with Crippen molar-refractivity contribution in [3.05, 3.63) is 93.2 Å². The van der Waals surface area contributed by atoms with E-state index in [2.05, 4.69) is 30.5 Å². The molecule has 5 heteroatoms. The molecule has 0 saturated carbocycles. The molecule has 172 valence electrons. The quantitative estimate of drug-likeness (QED) is 0.462. The summed E-state index contributed by atoms with van der Waals surface area (Å²) >= 11 is 1.77. The van der Waals surface area contributed by atoms with Crippen LogP contribution in [-0.4, -0.2) is 41.2 Å². The lowest BCUT2D eigenvalue weighted by atomic mass is 9.90. The number of aryl methyl sites for hydroxylation is 1. The van der Waals surface area contributed by atoms with Gasteiger partial charge in [-0.05, 0) is 60.4 Å². The number of carbonyl (C=O) groups is 2. The highest BCUT2D eigenvalue weighted by molar-refractivity contribution is 7.10. The molecule has 2 atom stereocenters. The fourth-order valence-corrected chi connectivity index (χ4v) is 5.78. The smallest absolute Gasteiger partial charge is 0.242 e. The topological polar surface area (TPSA) is 40.6 Å². The molecule has 2 aromatic carbocycles. The summed E-state index contributed by atoms with van der Waals surface area (Å²) in [6.07, 6.45) is 1.57. The molecule has 0 spiro atoms. The summed E-state index contributed by atoms with van der Waals surface area (Å²) in [6.45, 7) is 7.39. The lowest BCUT2D eigenvalue weighted by molar-refractivity contribution is -0.142. The lowest BCUT2D eigenvalue weighted by Gasteiger charge is -2.38. The number of rotatable bonds is 7. The van der Waals surface area contributed by atoms with Gasteiger partial charge in [-0.25, -0.2) is 0 Å². The van der Waals surface area contributed by atoms with Crippen LogP contribution in [0.5, 0.6) is 0 Å². The van der Waals surface area contributed by atoms with Gasteiger partial charge < -0.3 is 9.80 Å². The third-order valence-corrected chi connectivity index (χ3v) is 7.69. The fraction of sp³-hybridized carbons (Fsp3) is 0.357. The molecule has 4 nitrogen and oxygen atoms in total. The second-order valence-electron chi connectivity index (χ2n) is 8.62. The van der Waals surface area contributed by atoms with Crippen molar-refractivity contribution < 1.29 is 9.59 Å². The molecule has 3 aromatic rings. The maximum atomic E-state index is 13.7. The molecule has 0 fully saturated rings. The molecule has 2 unspecified atom stereocenters. The Labute approximate surface area is 200 Å². The molecular formula is C28H32N2O2S. The molecule has 1 aromatic heterocycles. The van der Waals surface area contributed by atoms with Gasteiger partial charge in [0.15, 0.2) is 0 Å². The molecule has 4 rings (SSSR count). The van der Waals surface area contributed by atoms with E-state index in [0.29, 0.717) is 19.5 Å². The second kappa shape index (κ2) is 10.3. The number of fused-ring (bicyclic) bond motifs is 1. The summed E-state index contributed by atoms with van der Waals surface area (Å²) in [6, 6.07) is 20.2. The third-order valence-electron chi connectivity index (χ3n) is 6.70. The molecule has 2 heterocycles. The normalized spacial score (nSPS) is 16.2. The van der Waals surface area contributed by atoms with Gasteiger partial charge in [-0.1, -0.05) is 61.5 Å². The minimum absolute atomic E-state index is 0.0122. The Morgan fingerprint density at radius 2 is 1.76 bits per heavy atom. The second-order valence-corrected chi connectivity index (χ2v) is 9.62. The summed E-state index contributed by atoms with van der Waals surface area (Å²) in [7, 11) is 0. The Morgan fingerprint density at radius 1 is 1.03 bits per heavy atom. The molecule has 0 bridgehead atoms. The van der Waals surface area contributed by atoms with Crippen molar-refractivity contribution in [1.82, 2.24) is 9.80 Å². The molecule has 0 saturated heterocycles. The Bertz CT molecular complexity index is 1110. The van der Waals surface area contributed by atoms with Gasteiger partial charge in [0, 0.05) is 18.0 Å². The van der Waals surface area contributed by atoms with Crippen molar-refractivity contribution in [3.8, 4) is 0 Å². The Kier molecular flexibility index (Phi) is 7.29. The van der Waals surface area contributed by atoms with E-state index in [1.165, 1.54) is 16.0 Å². The van der Waals surface area contributed by atoms with E-state index in [0.717, 1.165) is 17.5 Å². The Hall–Kier alpha value is -2.92. The summed E-state index contributed by atoms with van der Waals surface area (Å²) < 4.78 is 0. The summed E-state index contributed by atoms with van der Waals surface area (Å²) in [5.74, 6) is -0.186. The van der Waals surface area contributed by atoms with Crippen LogP contribution in [-0.2, 0) is 16.0 Å². The minimum Gasteiger partial charge on any atom is -0.333 e. The van der Waals surface area contributed by atoms with E-state index < -0.39 is 0 Å². The third kappa shape index (κ3) is 4.74. The molecule has 2 amide bonds. The molecule has 33 heavy (non-hydrogen) atoms. The van der Waals surface area contributed by atoms with Crippen molar-refractivity contribution >= 4 is 23.2 Å². The van der Waals surface area contributed by atoms with Crippen molar-refractivity contribution in [1.29, 1.82) is 0 Å². The first kappa shape index (κ1) is 23.2. The zero-order valence-electron chi connectivity index (χ0n) is 19.7. The van der Waals surface area contributed by atoms with Crippen LogP contribution in [0.2, 0.25) is 0 Å². The maximum Gasteiger partial charge on any atom is 0.242 e. The van der Waals surface area contributed by atoms with E-state index in [-0.39, 0.29) is 30.3 Å². The molecule has 1 aliphatic rings. The summed E-state index contributed by atoms with van der Waals surface area (Å²) in [5.41, 5.74) is 4.57. The van der Waals surface area contributed by atoms with Crippen LogP contribution >= 0.6 is 11.3 Å². The predicted octanol–water partition coefficient (Wildman–Crippen LogP) is 5.57. The number of benzene rings is 2. The van der Waals surface area contributed by atoms with Gasteiger partial charge in [0.25, 0.3) is 0 Å². The zero-order valence-corrected chi connectivity index (χ0v) is 20.5. The van der Waals surface area contributed by atoms with E-state index in [1.807, 2.05) is 61.2 Å². The number of hydrogen-bond acceptors (Lipinski definition) is 3. The van der Waals surface area contributed by atoms with E-state index in [9.17, 15) is 9.59 Å². The molecule has 0 N–H and O–H groups in total. The average molecular weight is 461 g/mol. The van der Waals surface area contributed by atoms with Crippen LogP contribution in [0.3, 0.4) is 0 Å². The first-order valence-electron chi connectivity index (χ1n) is 11.8. The highest BCUT2D eigenvalue weighted by Gasteiger charge is 2.35. The Balaban J connectivity index is 1.59. The largest absolute Gasteiger partial charge is 0.333 e. The van der Waals surface area contributed by atoms with Gasteiger partial charge in [-0.2, -0.15) is 0 Å². The number of amides is 2.